The van der Waals surface area contributed by atoms with Crippen LogP contribution in [-0.2, 0) is 6.42 Å². The number of hydrogen-bond acceptors (Lipinski definition) is 1. The zero-order valence-corrected chi connectivity index (χ0v) is 14.0. The monoisotopic (exact) mass is 265 g/mol. The predicted octanol–water partition coefficient (Wildman–Crippen LogP) is 4.55. The smallest absolute Gasteiger partial charge is 0.0361 e. The molecule has 2 heteroatoms. The Kier molecular flexibility index (Phi) is 4.84. The first kappa shape index (κ1) is 15.5. The molecule has 1 aromatic rings. The molecule has 0 amide bonds. The van der Waals surface area contributed by atoms with Gasteiger partial charge in [0.1, 0.15) is 0 Å². The predicted molar refractivity (Wildman–Crippen MR) is 86.6 cm³/mol. The summed E-state index contributed by atoms with van der Waals surface area (Å²) in [7, 11) is 5.14. The molecule has 0 bridgehead atoms. The second-order valence-corrected chi connectivity index (χ2v) is 10.1. The van der Waals surface area contributed by atoms with Gasteiger partial charge in [0.15, 0.2) is 0 Å². The Morgan fingerprint density at radius 1 is 0.944 bits per heavy atom. The van der Waals surface area contributed by atoms with Crippen molar-refractivity contribution >= 4 is 14.3 Å². The summed E-state index contributed by atoms with van der Waals surface area (Å²) in [5, 5.41) is 0.810. The molecule has 0 saturated heterocycles. The standard InChI is InChI=1S/C16H28NP/c1-15(2,3)18-16(4,5)12-13-8-10-14(11-9-13)17(6)7/h8-11,18H,12H2,1-7H3. The number of rotatable bonds is 4. The average Bonchev–Trinajstić information content (AvgIpc) is 2.13. The maximum absolute atomic E-state index is 2.39. The highest BCUT2D eigenvalue weighted by Gasteiger charge is 2.25. The number of hydrogen-bond donors (Lipinski definition) is 0. The average molecular weight is 265 g/mol. The minimum Gasteiger partial charge on any atom is -0.378 e. The Morgan fingerprint density at radius 3 is 1.83 bits per heavy atom. The van der Waals surface area contributed by atoms with Gasteiger partial charge in [-0.15, -0.1) is 8.58 Å². The van der Waals surface area contributed by atoms with Gasteiger partial charge in [0, 0.05) is 19.8 Å². The minimum atomic E-state index is 0.387. The lowest BCUT2D eigenvalue weighted by Gasteiger charge is -2.33. The van der Waals surface area contributed by atoms with E-state index in [4.69, 9.17) is 0 Å². The molecule has 0 aliphatic rings. The maximum atomic E-state index is 2.39. The Bertz CT molecular complexity index is 371. The molecule has 0 heterocycles. The van der Waals surface area contributed by atoms with Crippen molar-refractivity contribution in [3.05, 3.63) is 29.8 Å². The summed E-state index contributed by atoms with van der Waals surface area (Å²) in [5.41, 5.74) is 2.72. The van der Waals surface area contributed by atoms with E-state index in [1.807, 2.05) is 0 Å². The first-order valence-electron chi connectivity index (χ1n) is 6.65. The van der Waals surface area contributed by atoms with Crippen molar-refractivity contribution in [1.82, 2.24) is 0 Å². The van der Waals surface area contributed by atoms with Crippen LogP contribution in [0.5, 0.6) is 0 Å². The first-order valence-corrected chi connectivity index (χ1v) is 7.65. The van der Waals surface area contributed by atoms with Gasteiger partial charge in [-0.25, -0.2) is 0 Å². The van der Waals surface area contributed by atoms with Crippen molar-refractivity contribution in [3.8, 4) is 0 Å². The summed E-state index contributed by atoms with van der Waals surface area (Å²) in [4.78, 5) is 2.14. The summed E-state index contributed by atoms with van der Waals surface area (Å²) >= 11 is 0. The molecule has 0 fully saturated rings. The molecule has 0 N–H and O–H groups in total. The highest BCUT2D eigenvalue weighted by atomic mass is 31.1. The molecule has 0 spiro atoms. The molecular formula is C16H28NP. The number of benzene rings is 1. The molecule has 102 valence electrons. The van der Waals surface area contributed by atoms with Crippen molar-refractivity contribution in [2.24, 2.45) is 0 Å². The second kappa shape index (κ2) is 5.61. The number of anilines is 1. The van der Waals surface area contributed by atoms with Crippen LogP contribution in [0.15, 0.2) is 24.3 Å². The van der Waals surface area contributed by atoms with Crippen molar-refractivity contribution < 1.29 is 0 Å². The lowest BCUT2D eigenvalue weighted by molar-refractivity contribution is 0.668. The topological polar surface area (TPSA) is 3.24 Å². The third-order valence-electron chi connectivity index (χ3n) is 2.81. The molecule has 1 nitrogen and oxygen atoms in total. The summed E-state index contributed by atoms with van der Waals surface area (Å²) in [5.74, 6) is 0. The largest absolute Gasteiger partial charge is 0.378 e. The highest BCUT2D eigenvalue weighted by molar-refractivity contribution is 7.41. The van der Waals surface area contributed by atoms with Crippen molar-refractivity contribution in [3.63, 3.8) is 0 Å². The Hall–Kier alpha value is -0.550. The van der Waals surface area contributed by atoms with Gasteiger partial charge < -0.3 is 4.90 Å². The molecule has 0 aliphatic carbocycles. The van der Waals surface area contributed by atoms with Gasteiger partial charge in [-0.05, 0) is 34.4 Å². The molecule has 1 atom stereocenters. The maximum Gasteiger partial charge on any atom is 0.0361 e. The van der Waals surface area contributed by atoms with E-state index in [1.165, 1.54) is 11.3 Å². The van der Waals surface area contributed by atoms with E-state index in [9.17, 15) is 0 Å². The summed E-state index contributed by atoms with van der Waals surface area (Å²) in [6, 6.07) is 8.96. The van der Waals surface area contributed by atoms with Crippen LogP contribution >= 0.6 is 8.58 Å². The van der Waals surface area contributed by atoms with E-state index in [2.05, 4.69) is 77.9 Å². The zero-order valence-electron chi connectivity index (χ0n) is 13.0. The minimum absolute atomic E-state index is 0.387. The van der Waals surface area contributed by atoms with Crippen LogP contribution in [-0.4, -0.2) is 24.4 Å². The van der Waals surface area contributed by atoms with E-state index in [1.54, 1.807) is 0 Å². The second-order valence-electron chi connectivity index (χ2n) is 7.00. The SMILES string of the molecule is CN(C)c1ccc(CC(C)(C)PC(C)(C)C)cc1. The highest BCUT2D eigenvalue weighted by Crippen LogP contribution is 2.44. The van der Waals surface area contributed by atoms with Gasteiger partial charge in [-0.1, -0.05) is 46.8 Å². The van der Waals surface area contributed by atoms with Gasteiger partial charge in [-0.3, -0.25) is 0 Å². The molecule has 1 rings (SSSR count). The van der Waals surface area contributed by atoms with Crippen LogP contribution in [0.2, 0.25) is 0 Å². The fourth-order valence-corrected chi connectivity index (χ4v) is 4.80. The van der Waals surface area contributed by atoms with Crippen LogP contribution in [0.3, 0.4) is 0 Å². The van der Waals surface area contributed by atoms with Crippen molar-refractivity contribution in [1.29, 1.82) is 0 Å². The first-order chi connectivity index (χ1) is 8.09. The Balaban J connectivity index is 2.72. The lowest BCUT2D eigenvalue weighted by Crippen LogP contribution is -2.23. The van der Waals surface area contributed by atoms with Gasteiger partial charge in [0.25, 0.3) is 0 Å². The third kappa shape index (κ3) is 5.40. The Morgan fingerprint density at radius 2 is 1.44 bits per heavy atom. The molecule has 0 aromatic heterocycles. The van der Waals surface area contributed by atoms with Crippen LogP contribution in [0, 0.1) is 0 Å². The molecule has 0 aliphatic heterocycles. The zero-order chi connectivity index (χ0) is 14.0. The molecular weight excluding hydrogens is 237 g/mol. The van der Waals surface area contributed by atoms with Gasteiger partial charge in [0.2, 0.25) is 0 Å². The molecule has 18 heavy (non-hydrogen) atoms. The summed E-state index contributed by atoms with van der Waals surface area (Å²) in [6.07, 6.45) is 1.16. The number of nitrogens with zero attached hydrogens (tertiary/aromatic N) is 1. The summed E-state index contributed by atoms with van der Waals surface area (Å²) < 4.78 is 0. The van der Waals surface area contributed by atoms with Gasteiger partial charge in [-0.2, -0.15) is 0 Å². The molecule has 1 aromatic carbocycles. The fraction of sp³-hybridized carbons (Fsp3) is 0.625. The third-order valence-corrected chi connectivity index (χ3v) is 4.42. The van der Waals surface area contributed by atoms with E-state index in [0.717, 1.165) is 15.0 Å². The van der Waals surface area contributed by atoms with E-state index >= 15 is 0 Å². The lowest BCUT2D eigenvalue weighted by atomic mass is 10.0. The fourth-order valence-electron chi connectivity index (χ4n) is 2.48. The van der Waals surface area contributed by atoms with Gasteiger partial charge in [0.05, 0.1) is 0 Å². The van der Waals surface area contributed by atoms with Crippen molar-refractivity contribution in [2.45, 2.75) is 51.4 Å². The van der Waals surface area contributed by atoms with Crippen LogP contribution in [0.25, 0.3) is 0 Å². The van der Waals surface area contributed by atoms with Crippen LogP contribution in [0.4, 0.5) is 5.69 Å². The van der Waals surface area contributed by atoms with E-state index in [-0.39, 0.29) is 0 Å². The van der Waals surface area contributed by atoms with E-state index in [0.29, 0.717) is 10.3 Å². The van der Waals surface area contributed by atoms with Crippen molar-refractivity contribution in [2.75, 3.05) is 19.0 Å². The van der Waals surface area contributed by atoms with E-state index < -0.39 is 0 Å². The molecule has 1 unspecified atom stereocenters. The van der Waals surface area contributed by atoms with Crippen LogP contribution in [0.1, 0.15) is 40.2 Å². The normalized spacial score (nSPS) is 13.3. The molecule has 0 radical (unpaired) electrons. The quantitative estimate of drug-likeness (QED) is 0.722. The molecule has 0 saturated carbocycles. The van der Waals surface area contributed by atoms with Crippen LogP contribution < -0.4 is 4.90 Å². The summed E-state index contributed by atoms with van der Waals surface area (Å²) in [6.45, 7) is 11.8. The Labute approximate surface area is 115 Å². The van der Waals surface area contributed by atoms with Gasteiger partial charge >= 0.3 is 0 Å².